The third-order valence-corrected chi connectivity index (χ3v) is 6.48. The first-order chi connectivity index (χ1) is 18.2. The van der Waals surface area contributed by atoms with E-state index in [0.717, 1.165) is 5.56 Å². The molecule has 1 heterocycles. The number of carbonyl (C=O) groups is 2. The molecule has 1 N–H and O–H groups in total. The number of aliphatic hydroxyl groups excluding tert-OH is 1. The number of amides is 1. The van der Waals surface area contributed by atoms with Gasteiger partial charge in [0.1, 0.15) is 23.0 Å². The van der Waals surface area contributed by atoms with E-state index in [9.17, 15) is 14.7 Å². The number of benzene rings is 3. The summed E-state index contributed by atoms with van der Waals surface area (Å²) < 4.78 is 16.6. The summed E-state index contributed by atoms with van der Waals surface area (Å²) in [4.78, 5) is 28.4. The number of hydrogen-bond donors (Lipinski definition) is 1. The Hall–Kier alpha value is -3.97. The van der Waals surface area contributed by atoms with Crippen molar-refractivity contribution in [2.75, 3.05) is 25.7 Å². The number of carbonyl (C=O) groups excluding carboxylic acids is 2. The molecule has 7 nitrogen and oxygen atoms in total. The predicted molar refractivity (Wildman–Crippen MR) is 147 cm³/mol. The van der Waals surface area contributed by atoms with Gasteiger partial charge in [-0.1, -0.05) is 37.6 Å². The maximum atomic E-state index is 13.5. The van der Waals surface area contributed by atoms with Crippen LogP contribution in [0.5, 0.6) is 17.2 Å². The van der Waals surface area contributed by atoms with Gasteiger partial charge in [0, 0.05) is 5.69 Å². The molecule has 1 aliphatic rings. The van der Waals surface area contributed by atoms with Gasteiger partial charge in [-0.15, -0.1) is 0 Å². The van der Waals surface area contributed by atoms with Crippen LogP contribution in [0.2, 0.25) is 5.02 Å². The van der Waals surface area contributed by atoms with Crippen molar-refractivity contribution in [1.82, 2.24) is 0 Å². The molecule has 8 heteroatoms. The lowest BCUT2D eigenvalue weighted by atomic mass is 9.94. The molecule has 0 bridgehead atoms. The highest BCUT2D eigenvalue weighted by atomic mass is 35.5. The standard InChI is InChI=1S/C30H30ClNO6/c1-17(2)16-38-21-11-9-20(10-12-21)32-26(19-7-6-8-22(15-19)36-4)25(28(34)30(32)35)27(33)23-13-18(3)14-24(31)29(23)37-5/h6-15,17,26,33H,16H2,1-5H3/b27-25+. The Morgan fingerprint density at radius 2 is 1.71 bits per heavy atom. The zero-order valence-corrected chi connectivity index (χ0v) is 22.7. The average Bonchev–Trinajstić information content (AvgIpc) is 3.17. The van der Waals surface area contributed by atoms with Crippen LogP contribution in [0.4, 0.5) is 5.69 Å². The maximum absolute atomic E-state index is 13.5. The number of aliphatic hydroxyl groups is 1. The van der Waals surface area contributed by atoms with Gasteiger partial charge in [-0.25, -0.2) is 0 Å². The van der Waals surface area contributed by atoms with Crippen LogP contribution in [0.25, 0.3) is 5.76 Å². The smallest absolute Gasteiger partial charge is 0.300 e. The zero-order chi connectivity index (χ0) is 27.6. The summed E-state index contributed by atoms with van der Waals surface area (Å²) in [5.41, 5.74) is 1.96. The monoisotopic (exact) mass is 535 g/mol. The van der Waals surface area contributed by atoms with Crippen LogP contribution in [0.1, 0.15) is 36.6 Å². The van der Waals surface area contributed by atoms with Gasteiger partial charge in [0.2, 0.25) is 0 Å². The molecule has 0 radical (unpaired) electrons. The molecular weight excluding hydrogens is 506 g/mol. The number of nitrogens with zero attached hydrogens (tertiary/aromatic N) is 1. The number of ketones is 1. The highest BCUT2D eigenvalue weighted by Gasteiger charge is 2.47. The van der Waals surface area contributed by atoms with E-state index in [1.165, 1.54) is 19.1 Å². The quantitative estimate of drug-likeness (QED) is 0.206. The average molecular weight is 536 g/mol. The van der Waals surface area contributed by atoms with Gasteiger partial charge in [-0.3, -0.25) is 14.5 Å². The first-order valence-electron chi connectivity index (χ1n) is 12.2. The zero-order valence-electron chi connectivity index (χ0n) is 21.9. The Morgan fingerprint density at radius 1 is 1.00 bits per heavy atom. The first-order valence-corrected chi connectivity index (χ1v) is 12.6. The van der Waals surface area contributed by atoms with E-state index in [1.54, 1.807) is 60.7 Å². The molecule has 38 heavy (non-hydrogen) atoms. The number of halogens is 1. The van der Waals surface area contributed by atoms with Gasteiger partial charge >= 0.3 is 0 Å². The lowest BCUT2D eigenvalue weighted by Gasteiger charge is -2.26. The van der Waals surface area contributed by atoms with Crippen LogP contribution in [0.3, 0.4) is 0 Å². The van der Waals surface area contributed by atoms with Gasteiger partial charge in [-0.05, 0) is 72.5 Å². The summed E-state index contributed by atoms with van der Waals surface area (Å²) in [5, 5.41) is 11.8. The number of Topliss-reactive ketones (excluding diaryl/α,β-unsaturated/α-hetero) is 1. The Kier molecular flexibility index (Phi) is 7.97. The molecule has 1 amide bonds. The molecule has 1 saturated heterocycles. The van der Waals surface area contributed by atoms with Crippen molar-refractivity contribution in [2.24, 2.45) is 5.92 Å². The molecule has 198 valence electrons. The third-order valence-electron chi connectivity index (χ3n) is 6.20. The minimum absolute atomic E-state index is 0.0802. The van der Waals surface area contributed by atoms with E-state index >= 15 is 0 Å². The lowest BCUT2D eigenvalue weighted by Crippen LogP contribution is -2.29. The molecule has 0 saturated carbocycles. The normalized spacial score (nSPS) is 16.7. The Labute approximate surface area is 227 Å². The highest BCUT2D eigenvalue weighted by Crippen LogP contribution is 2.45. The second-order valence-electron chi connectivity index (χ2n) is 9.47. The summed E-state index contributed by atoms with van der Waals surface area (Å²) in [5.74, 6) is -0.219. The Bertz CT molecular complexity index is 1400. The molecule has 1 aliphatic heterocycles. The van der Waals surface area contributed by atoms with E-state index in [2.05, 4.69) is 13.8 Å². The predicted octanol–water partition coefficient (Wildman–Crippen LogP) is 6.33. The first kappa shape index (κ1) is 27.1. The number of methoxy groups -OCH3 is 2. The molecule has 3 aromatic rings. The van der Waals surface area contributed by atoms with Gasteiger partial charge in [0.05, 0.1) is 43.0 Å². The number of anilines is 1. The van der Waals surface area contributed by atoms with Crippen LogP contribution in [-0.2, 0) is 9.59 Å². The second kappa shape index (κ2) is 11.2. The van der Waals surface area contributed by atoms with Crippen molar-refractivity contribution in [3.05, 3.63) is 87.9 Å². The fourth-order valence-electron chi connectivity index (χ4n) is 4.45. The minimum Gasteiger partial charge on any atom is -0.507 e. The molecule has 4 rings (SSSR count). The van der Waals surface area contributed by atoms with Crippen LogP contribution in [0, 0.1) is 12.8 Å². The minimum atomic E-state index is -0.934. The van der Waals surface area contributed by atoms with Gasteiger partial charge in [0.25, 0.3) is 11.7 Å². The molecule has 0 aliphatic carbocycles. The molecule has 0 aromatic heterocycles. The summed E-state index contributed by atoms with van der Waals surface area (Å²) in [6.45, 7) is 6.47. The van der Waals surface area contributed by atoms with Crippen molar-refractivity contribution in [3.63, 3.8) is 0 Å². The molecule has 1 unspecified atom stereocenters. The summed E-state index contributed by atoms with van der Waals surface area (Å²) in [6.07, 6.45) is 0. The van der Waals surface area contributed by atoms with Crippen molar-refractivity contribution < 1.29 is 28.9 Å². The maximum Gasteiger partial charge on any atom is 0.300 e. The third kappa shape index (κ3) is 5.20. The summed E-state index contributed by atoms with van der Waals surface area (Å²) in [6, 6.07) is 16.4. The number of aryl methyl sites for hydroxylation is 1. The number of rotatable bonds is 8. The summed E-state index contributed by atoms with van der Waals surface area (Å²) >= 11 is 6.38. The topological polar surface area (TPSA) is 85.3 Å². The lowest BCUT2D eigenvalue weighted by molar-refractivity contribution is -0.132. The van der Waals surface area contributed by atoms with Gasteiger partial charge in [-0.2, -0.15) is 0 Å². The van der Waals surface area contributed by atoms with Crippen molar-refractivity contribution in [3.8, 4) is 17.2 Å². The SMILES string of the molecule is COc1cccc(C2/C(=C(\O)c3cc(C)cc(Cl)c3OC)C(=O)C(=O)N2c2ccc(OCC(C)C)cc2)c1. The van der Waals surface area contributed by atoms with Crippen molar-refractivity contribution >= 4 is 34.7 Å². The highest BCUT2D eigenvalue weighted by molar-refractivity contribution is 6.51. The summed E-state index contributed by atoms with van der Waals surface area (Å²) in [7, 11) is 2.96. The molecule has 3 aromatic carbocycles. The fourth-order valence-corrected chi connectivity index (χ4v) is 4.80. The van der Waals surface area contributed by atoms with E-state index in [1.807, 2.05) is 6.92 Å². The molecule has 0 spiro atoms. The van der Waals surface area contributed by atoms with Gasteiger partial charge < -0.3 is 19.3 Å². The van der Waals surface area contributed by atoms with Crippen LogP contribution < -0.4 is 19.1 Å². The molecular formula is C30H30ClNO6. The van der Waals surface area contributed by atoms with E-state index < -0.39 is 17.7 Å². The van der Waals surface area contributed by atoms with E-state index in [0.29, 0.717) is 35.3 Å². The van der Waals surface area contributed by atoms with E-state index in [-0.39, 0.29) is 27.7 Å². The Balaban J connectivity index is 1.91. The fraction of sp³-hybridized carbons (Fsp3) is 0.267. The van der Waals surface area contributed by atoms with Crippen LogP contribution in [0.15, 0.2) is 66.2 Å². The van der Waals surface area contributed by atoms with Crippen LogP contribution in [-0.4, -0.2) is 37.6 Å². The van der Waals surface area contributed by atoms with Crippen molar-refractivity contribution in [2.45, 2.75) is 26.8 Å². The van der Waals surface area contributed by atoms with Crippen molar-refractivity contribution in [1.29, 1.82) is 0 Å². The number of ether oxygens (including phenoxy) is 3. The van der Waals surface area contributed by atoms with Gasteiger partial charge in [0.15, 0.2) is 0 Å². The van der Waals surface area contributed by atoms with E-state index in [4.69, 9.17) is 25.8 Å². The molecule has 1 atom stereocenters. The molecule has 1 fully saturated rings. The largest absolute Gasteiger partial charge is 0.507 e. The second-order valence-corrected chi connectivity index (χ2v) is 9.88. The number of hydrogen-bond acceptors (Lipinski definition) is 6. The Morgan fingerprint density at radius 3 is 2.34 bits per heavy atom. The van der Waals surface area contributed by atoms with Crippen LogP contribution >= 0.6 is 11.6 Å².